The van der Waals surface area contributed by atoms with Gasteiger partial charge in [-0.15, -0.1) is 0 Å². The topological polar surface area (TPSA) is 20.3 Å². The van der Waals surface area contributed by atoms with E-state index in [0.29, 0.717) is 5.56 Å². The Bertz CT molecular complexity index is 443. The third kappa shape index (κ3) is 2.46. The van der Waals surface area contributed by atoms with Gasteiger partial charge in [0.05, 0.1) is 6.04 Å². The van der Waals surface area contributed by atoms with Crippen LogP contribution in [0, 0.1) is 17.6 Å². The van der Waals surface area contributed by atoms with E-state index in [0.717, 1.165) is 25.0 Å². The Morgan fingerprint density at radius 2 is 2.00 bits per heavy atom. The molecule has 0 bridgehead atoms. The molecule has 0 aliphatic heterocycles. The fourth-order valence-corrected chi connectivity index (χ4v) is 1.80. The molecular weight excluding hydrogens is 224 g/mol. The van der Waals surface area contributed by atoms with E-state index in [1.165, 1.54) is 6.07 Å². The third-order valence-corrected chi connectivity index (χ3v) is 3.28. The van der Waals surface area contributed by atoms with Crippen LogP contribution in [0.1, 0.15) is 31.4 Å². The molecule has 2 nitrogen and oxygen atoms in total. The van der Waals surface area contributed by atoms with E-state index < -0.39 is 11.6 Å². The maximum atomic E-state index is 13.1. The number of carbonyl (C=O) groups is 1. The number of carbonyl (C=O) groups excluding carboxylic acids is 1. The summed E-state index contributed by atoms with van der Waals surface area (Å²) < 4.78 is 25.9. The van der Waals surface area contributed by atoms with Crippen molar-refractivity contribution in [2.45, 2.75) is 25.8 Å². The number of amides is 1. The van der Waals surface area contributed by atoms with Gasteiger partial charge in [-0.3, -0.25) is 4.79 Å². The Kier molecular flexibility index (Phi) is 3.13. The molecule has 1 aromatic rings. The van der Waals surface area contributed by atoms with E-state index in [-0.39, 0.29) is 17.9 Å². The van der Waals surface area contributed by atoms with Gasteiger partial charge in [0.15, 0.2) is 11.6 Å². The lowest BCUT2D eigenvalue weighted by Crippen LogP contribution is -2.30. The molecule has 0 heterocycles. The molecule has 1 amide bonds. The highest BCUT2D eigenvalue weighted by molar-refractivity contribution is 5.81. The highest BCUT2D eigenvalue weighted by Crippen LogP contribution is 2.33. The summed E-state index contributed by atoms with van der Waals surface area (Å²) in [5, 5.41) is 0. The molecule has 0 radical (unpaired) electrons. The zero-order chi connectivity index (χ0) is 12.6. The molecule has 1 aliphatic carbocycles. The average molecular weight is 239 g/mol. The molecule has 1 aliphatic rings. The largest absolute Gasteiger partial charge is 0.339 e. The molecule has 4 heteroatoms. The monoisotopic (exact) mass is 239 g/mol. The lowest BCUT2D eigenvalue weighted by atomic mass is 10.1. The van der Waals surface area contributed by atoms with Crippen molar-refractivity contribution >= 4 is 5.91 Å². The highest BCUT2D eigenvalue weighted by atomic mass is 19.2. The van der Waals surface area contributed by atoms with Crippen LogP contribution in [-0.4, -0.2) is 17.9 Å². The SMILES string of the molecule is CC(c1ccc(F)c(F)c1)N(C)C(=O)C1CC1. The Morgan fingerprint density at radius 3 is 2.53 bits per heavy atom. The minimum Gasteiger partial charge on any atom is -0.339 e. The van der Waals surface area contributed by atoms with Crippen molar-refractivity contribution in [3.05, 3.63) is 35.4 Å². The minimum atomic E-state index is -0.873. The third-order valence-electron chi connectivity index (χ3n) is 3.28. The molecule has 17 heavy (non-hydrogen) atoms. The van der Waals surface area contributed by atoms with E-state index in [1.54, 1.807) is 11.9 Å². The van der Waals surface area contributed by atoms with Crippen molar-refractivity contribution < 1.29 is 13.6 Å². The van der Waals surface area contributed by atoms with Crippen LogP contribution in [-0.2, 0) is 4.79 Å². The van der Waals surface area contributed by atoms with Crippen LogP contribution in [0.25, 0.3) is 0 Å². The van der Waals surface area contributed by atoms with E-state index in [1.807, 2.05) is 6.92 Å². The molecule has 0 saturated heterocycles. The van der Waals surface area contributed by atoms with Gasteiger partial charge in [0.1, 0.15) is 0 Å². The summed E-state index contributed by atoms with van der Waals surface area (Å²) >= 11 is 0. The molecule has 1 aromatic carbocycles. The van der Waals surface area contributed by atoms with E-state index in [4.69, 9.17) is 0 Å². The van der Waals surface area contributed by atoms with E-state index in [9.17, 15) is 13.6 Å². The predicted octanol–water partition coefficient (Wildman–Crippen LogP) is 2.89. The van der Waals surface area contributed by atoms with Gasteiger partial charge in [-0.05, 0) is 37.5 Å². The molecule has 1 saturated carbocycles. The second kappa shape index (κ2) is 4.43. The van der Waals surface area contributed by atoms with Gasteiger partial charge < -0.3 is 4.90 Å². The Labute approximate surface area is 99.2 Å². The molecule has 0 aromatic heterocycles. The van der Waals surface area contributed by atoms with Gasteiger partial charge in [0.2, 0.25) is 5.91 Å². The molecular formula is C13H15F2NO. The van der Waals surface area contributed by atoms with E-state index >= 15 is 0 Å². The molecule has 1 atom stereocenters. The number of benzene rings is 1. The first-order chi connectivity index (χ1) is 8.00. The maximum Gasteiger partial charge on any atom is 0.225 e. The maximum absolute atomic E-state index is 13.1. The van der Waals surface area contributed by atoms with Crippen LogP contribution >= 0.6 is 0 Å². The van der Waals surface area contributed by atoms with Gasteiger partial charge >= 0.3 is 0 Å². The predicted molar refractivity (Wildman–Crippen MR) is 60.3 cm³/mol. The lowest BCUT2D eigenvalue weighted by Gasteiger charge is -2.25. The summed E-state index contributed by atoms with van der Waals surface area (Å²) in [6.07, 6.45) is 1.88. The summed E-state index contributed by atoms with van der Waals surface area (Å²) in [5.74, 6) is -1.52. The summed E-state index contributed by atoms with van der Waals surface area (Å²) in [6.45, 7) is 1.81. The first kappa shape index (κ1) is 12.0. The van der Waals surface area contributed by atoms with Crippen molar-refractivity contribution in [1.82, 2.24) is 4.90 Å². The van der Waals surface area contributed by atoms with Crippen LogP contribution in [0.15, 0.2) is 18.2 Å². The van der Waals surface area contributed by atoms with Crippen molar-refractivity contribution in [1.29, 1.82) is 0 Å². The molecule has 92 valence electrons. The fraction of sp³-hybridized carbons (Fsp3) is 0.462. The number of rotatable bonds is 3. The van der Waals surface area contributed by atoms with Crippen molar-refractivity contribution in [2.75, 3.05) is 7.05 Å². The molecule has 0 N–H and O–H groups in total. The highest BCUT2D eigenvalue weighted by Gasteiger charge is 2.33. The minimum absolute atomic E-state index is 0.0854. The van der Waals surface area contributed by atoms with Gasteiger partial charge in [0, 0.05) is 13.0 Å². The smallest absolute Gasteiger partial charge is 0.225 e. The summed E-state index contributed by atoms with van der Waals surface area (Å²) in [4.78, 5) is 13.4. The lowest BCUT2D eigenvalue weighted by molar-refractivity contribution is -0.133. The molecule has 0 spiro atoms. The molecule has 1 fully saturated rings. The number of hydrogen-bond donors (Lipinski definition) is 0. The van der Waals surface area contributed by atoms with Crippen LogP contribution in [0.2, 0.25) is 0 Å². The van der Waals surface area contributed by atoms with Crippen molar-refractivity contribution in [2.24, 2.45) is 5.92 Å². The summed E-state index contributed by atoms with van der Waals surface area (Å²) in [5.41, 5.74) is 0.611. The first-order valence-corrected chi connectivity index (χ1v) is 5.72. The van der Waals surface area contributed by atoms with Gasteiger partial charge in [-0.25, -0.2) is 8.78 Å². The summed E-state index contributed by atoms with van der Waals surface area (Å²) in [7, 11) is 1.70. The molecule has 1 unspecified atom stereocenters. The van der Waals surface area contributed by atoms with Crippen molar-refractivity contribution in [3.8, 4) is 0 Å². The number of nitrogens with zero attached hydrogens (tertiary/aromatic N) is 1. The fourth-order valence-electron chi connectivity index (χ4n) is 1.80. The Morgan fingerprint density at radius 1 is 1.35 bits per heavy atom. The zero-order valence-electron chi connectivity index (χ0n) is 9.91. The van der Waals surface area contributed by atoms with E-state index in [2.05, 4.69) is 0 Å². The normalized spacial score (nSPS) is 16.7. The second-order valence-electron chi connectivity index (χ2n) is 4.57. The van der Waals surface area contributed by atoms with Crippen LogP contribution < -0.4 is 0 Å². The first-order valence-electron chi connectivity index (χ1n) is 5.72. The zero-order valence-corrected chi connectivity index (χ0v) is 9.91. The Hall–Kier alpha value is -1.45. The number of halogens is 2. The van der Waals surface area contributed by atoms with Crippen LogP contribution in [0.5, 0.6) is 0 Å². The van der Waals surface area contributed by atoms with Crippen LogP contribution in [0.3, 0.4) is 0 Å². The quantitative estimate of drug-likeness (QED) is 0.794. The average Bonchev–Trinajstić information content (AvgIpc) is 3.14. The summed E-state index contributed by atoms with van der Waals surface area (Å²) in [6, 6.07) is 3.52. The Balaban J connectivity index is 2.14. The number of hydrogen-bond acceptors (Lipinski definition) is 1. The van der Waals surface area contributed by atoms with Gasteiger partial charge in [-0.2, -0.15) is 0 Å². The van der Waals surface area contributed by atoms with Gasteiger partial charge in [0.25, 0.3) is 0 Å². The standard InChI is InChI=1S/C13H15F2NO/c1-8(16(2)13(17)9-3-4-9)10-5-6-11(14)12(15)7-10/h5-9H,3-4H2,1-2H3. The van der Waals surface area contributed by atoms with Crippen LogP contribution in [0.4, 0.5) is 8.78 Å². The van der Waals surface area contributed by atoms with Crippen molar-refractivity contribution in [3.63, 3.8) is 0 Å². The second-order valence-corrected chi connectivity index (χ2v) is 4.57. The van der Waals surface area contributed by atoms with Gasteiger partial charge in [-0.1, -0.05) is 6.07 Å². The molecule has 2 rings (SSSR count).